The van der Waals surface area contributed by atoms with Crippen LogP contribution in [0, 0.1) is 0 Å². The molecule has 0 aliphatic rings. The third-order valence-electron chi connectivity index (χ3n) is 1.58. The van der Waals surface area contributed by atoms with E-state index in [1.165, 1.54) is 25.8 Å². The highest BCUT2D eigenvalue weighted by atomic mass is 35.5. The van der Waals surface area contributed by atoms with Crippen LogP contribution in [0.15, 0.2) is 23.8 Å². The van der Waals surface area contributed by atoms with Crippen LogP contribution in [-0.2, 0) is 9.53 Å². The largest absolute Gasteiger partial charge is 0.465 e. The van der Waals surface area contributed by atoms with E-state index in [0.717, 1.165) is 0 Å². The van der Waals surface area contributed by atoms with Gasteiger partial charge in [-0.2, -0.15) is 0 Å². The number of nitrogens with zero attached hydrogens (tertiary/aromatic N) is 2. The molecule has 0 unspecified atom stereocenters. The maximum Gasteiger partial charge on any atom is 0.339 e. The number of esters is 1. The number of carbonyl (C=O) groups is 1. The molecule has 5 heteroatoms. The highest BCUT2D eigenvalue weighted by Gasteiger charge is 2.15. The molecule has 1 aromatic heterocycles. The minimum absolute atomic E-state index is 0.287. The van der Waals surface area contributed by atoms with E-state index in [1.54, 1.807) is 6.92 Å². The molecular weight excluding hydrogens is 204 g/mol. The highest BCUT2D eigenvalue weighted by Crippen LogP contribution is 2.20. The predicted octanol–water partition coefficient (Wildman–Crippen LogP) is 1.62. The lowest BCUT2D eigenvalue weighted by Crippen LogP contribution is -2.05. The van der Waals surface area contributed by atoms with E-state index in [1.807, 2.05) is 0 Å². The van der Waals surface area contributed by atoms with Crippen molar-refractivity contribution >= 4 is 23.1 Å². The van der Waals surface area contributed by atoms with E-state index < -0.39 is 5.97 Å². The molecule has 0 atom stereocenters. The standard InChI is InChI=1S/C9H9ClN2O2/c1-6(10)8(9(13)14-2)7-3-11-5-12-4-7/h3-5H,1-2H3/b8-6+. The van der Waals surface area contributed by atoms with Gasteiger partial charge in [-0.3, -0.25) is 0 Å². The molecule has 0 amide bonds. The molecule has 0 aliphatic heterocycles. The van der Waals surface area contributed by atoms with Crippen LogP contribution in [0.1, 0.15) is 12.5 Å². The van der Waals surface area contributed by atoms with Crippen molar-refractivity contribution in [3.8, 4) is 0 Å². The molecular formula is C9H9ClN2O2. The molecule has 0 aliphatic carbocycles. The van der Waals surface area contributed by atoms with Gasteiger partial charge < -0.3 is 4.74 Å². The summed E-state index contributed by atoms with van der Waals surface area (Å²) in [4.78, 5) is 18.9. The fourth-order valence-electron chi connectivity index (χ4n) is 0.988. The van der Waals surface area contributed by atoms with Gasteiger partial charge in [0.05, 0.1) is 12.7 Å². The number of carbonyl (C=O) groups excluding carboxylic acids is 1. The Labute approximate surface area is 86.6 Å². The monoisotopic (exact) mass is 212 g/mol. The summed E-state index contributed by atoms with van der Waals surface area (Å²) in [6, 6.07) is 0. The Balaban J connectivity index is 3.16. The van der Waals surface area contributed by atoms with Gasteiger partial charge in [-0.15, -0.1) is 0 Å². The fourth-order valence-corrected chi connectivity index (χ4v) is 1.17. The molecule has 0 radical (unpaired) electrons. The third-order valence-corrected chi connectivity index (χ3v) is 1.77. The van der Waals surface area contributed by atoms with Gasteiger partial charge in [0.1, 0.15) is 6.33 Å². The molecule has 0 fully saturated rings. The van der Waals surface area contributed by atoms with Crippen molar-refractivity contribution in [2.45, 2.75) is 6.92 Å². The average molecular weight is 213 g/mol. The van der Waals surface area contributed by atoms with Crippen molar-refractivity contribution in [2.75, 3.05) is 7.11 Å². The fraction of sp³-hybridized carbons (Fsp3) is 0.222. The van der Waals surface area contributed by atoms with Gasteiger partial charge in [-0.25, -0.2) is 14.8 Å². The van der Waals surface area contributed by atoms with Crippen LogP contribution in [0.5, 0.6) is 0 Å². The first-order valence-corrected chi connectivity index (χ1v) is 4.24. The molecule has 14 heavy (non-hydrogen) atoms. The molecule has 4 nitrogen and oxygen atoms in total. The average Bonchev–Trinajstić information content (AvgIpc) is 2.19. The van der Waals surface area contributed by atoms with E-state index in [2.05, 4.69) is 14.7 Å². The quantitative estimate of drug-likeness (QED) is 0.552. The van der Waals surface area contributed by atoms with Gasteiger partial charge in [0.15, 0.2) is 0 Å². The normalized spacial score (nSPS) is 11.9. The second-order valence-corrected chi connectivity index (χ2v) is 3.09. The molecule has 0 saturated carbocycles. The molecule has 1 rings (SSSR count). The number of aromatic nitrogens is 2. The molecule has 0 aromatic carbocycles. The minimum Gasteiger partial charge on any atom is -0.465 e. The second kappa shape index (κ2) is 4.72. The number of hydrogen-bond acceptors (Lipinski definition) is 4. The Morgan fingerprint density at radius 2 is 2.00 bits per heavy atom. The third kappa shape index (κ3) is 2.29. The summed E-state index contributed by atoms with van der Waals surface area (Å²) < 4.78 is 4.59. The van der Waals surface area contributed by atoms with E-state index in [-0.39, 0.29) is 5.57 Å². The summed E-state index contributed by atoms with van der Waals surface area (Å²) in [6.45, 7) is 1.61. The zero-order valence-corrected chi connectivity index (χ0v) is 8.58. The lowest BCUT2D eigenvalue weighted by Gasteiger charge is -2.04. The zero-order chi connectivity index (χ0) is 10.6. The van der Waals surface area contributed by atoms with E-state index in [4.69, 9.17) is 11.6 Å². The van der Waals surface area contributed by atoms with Crippen molar-refractivity contribution in [3.63, 3.8) is 0 Å². The molecule has 0 saturated heterocycles. The molecule has 1 heterocycles. The van der Waals surface area contributed by atoms with Crippen LogP contribution < -0.4 is 0 Å². The molecule has 0 bridgehead atoms. The summed E-state index contributed by atoms with van der Waals surface area (Å²) in [7, 11) is 1.30. The molecule has 0 N–H and O–H groups in total. The maximum atomic E-state index is 11.3. The first kappa shape index (κ1) is 10.7. The van der Waals surface area contributed by atoms with Gasteiger partial charge in [0.25, 0.3) is 0 Å². The topological polar surface area (TPSA) is 52.1 Å². The van der Waals surface area contributed by atoms with E-state index in [9.17, 15) is 4.79 Å². The summed E-state index contributed by atoms with van der Waals surface area (Å²) in [5, 5.41) is 0.353. The minimum atomic E-state index is -0.493. The molecule has 1 aromatic rings. The summed E-state index contributed by atoms with van der Waals surface area (Å²) in [5.41, 5.74) is 0.835. The van der Waals surface area contributed by atoms with Gasteiger partial charge in [-0.1, -0.05) is 11.6 Å². The van der Waals surface area contributed by atoms with Crippen molar-refractivity contribution in [2.24, 2.45) is 0 Å². The van der Waals surface area contributed by atoms with Crippen molar-refractivity contribution in [3.05, 3.63) is 29.3 Å². The number of halogens is 1. The number of methoxy groups -OCH3 is 1. The van der Waals surface area contributed by atoms with Crippen LogP contribution in [0.2, 0.25) is 0 Å². The number of ether oxygens (including phenoxy) is 1. The van der Waals surface area contributed by atoms with Gasteiger partial charge >= 0.3 is 5.97 Å². The first-order chi connectivity index (χ1) is 6.66. The number of allylic oxidation sites excluding steroid dienone is 1. The van der Waals surface area contributed by atoms with Crippen molar-refractivity contribution in [1.82, 2.24) is 9.97 Å². The highest BCUT2D eigenvalue weighted by molar-refractivity contribution is 6.38. The van der Waals surface area contributed by atoms with Crippen LogP contribution in [0.3, 0.4) is 0 Å². The smallest absolute Gasteiger partial charge is 0.339 e. The summed E-state index contributed by atoms with van der Waals surface area (Å²) in [5.74, 6) is -0.493. The van der Waals surface area contributed by atoms with Crippen LogP contribution >= 0.6 is 11.6 Å². The van der Waals surface area contributed by atoms with Crippen LogP contribution in [0.25, 0.3) is 5.57 Å². The first-order valence-electron chi connectivity index (χ1n) is 3.87. The molecule has 74 valence electrons. The van der Waals surface area contributed by atoms with Crippen molar-refractivity contribution in [1.29, 1.82) is 0 Å². The van der Waals surface area contributed by atoms with Gasteiger partial charge in [0.2, 0.25) is 0 Å². The predicted molar refractivity (Wildman–Crippen MR) is 52.5 cm³/mol. The SMILES string of the molecule is COC(=O)/C(=C(\C)Cl)c1cncnc1. The van der Waals surface area contributed by atoms with Crippen LogP contribution in [0.4, 0.5) is 0 Å². The van der Waals surface area contributed by atoms with Crippen molar-refractivity contribution < 1.29 is 9.53 Å². The van der Waals surface area contributed by atoms with E-state index in [0.29, 0.717) is 10.6 Å². The van der Waals surface area contributed by atoms with Gasteiger partial charge in [0, 0.05) is 23.0 Å². The second-order valence-electron chi connectivity index (χ2n) is 2.53. The summed E-state index contributed by atoms with van der Waals surface area (Å²) in [6.07, 6.45) is 4.39. The summed E-state index contributed by atoms with van der Waals surface area (Å²) >= 11 is 5.78. The Morgan fingerprint density at radius 3 is 2.43 bits per heavy atom. The van der Waals surface area contributed by atoms with Gasteiger partial charge in [-0.05, 0) is 6.92 Å². The number of hydrogen-bond donors (Lipinski definition) is 0. The lowest BCUT2D eigenvalue weighted by atomic mass is 10.1. The van der Waals surface area contributed by atoms with E-state index >= 15 is 0 Å². The number of rotatable bonds is 2. The Hall–Kier alpha value is -1.42. The lowest BCUT2D eigenvalue weighted by molar-refractivity contribution is -0.133. The Morgan fingerprint density at radius 1 is 1.43 bits per heavy atom. The molecule has 0 spiro atoms. The maximum absolute atomic E-state index is 11.3. The van der Waals surface area contributed by atoms with Crippen LogP contribution in [-0.4, -0.2) is 23.0 Å². The zero-order valence-electron chi connectivity index (χ0n) is 7.82. The Kier molecular flexibility index (Phi) is 3.59. The Bertz CT molecular complexity index is 358.